The van der Waals surface area contributed by atoms with Crippen LogP contribution < -0.4 is 14.2 Å². The van der Waals surface area contributed by atoms with Crippen LogP contribution in [-0.4, -0.2) is 27.1 Å². The number of hydrogen-bond donors (Lipinski definition) is 0. The summed E-state index contributed by atoms with van der Waals surface area (Å²) in [4.78, 5) is 12.7. The van der Waals surface area contributed by atoms with Gasteiger partial charge >= 0.3 is 6.18 Å². The highest BCUT2D eigenvalue weighted by Gasteiger charge is 2.30. The highest BCUT2D eigenvalue weighted by molar-refractivity contribution is 6.14. The molecule has 0 aliphatic heterocycles. The summed E-state index contributed by atoms with van der Waals surface area (Å²) in [6, 6.07) is 8.68. The second-order valence-corrected chi connectivity index (χ2v) is 5.53. The summed E-state index contributed by atoms with van der Waals surface area (Å²) in [6.45, 7) is 0. The van der Waals surface area contributed by atoms with E-state index in [1.807, 2.05) is 0 Å². The van der Waals surface area contributed by atoms with Crippen molar-refractivity contribution in [3.05, 3.63) is 58.7 Å². The van der Waals surface area contributed by atoms with E-state index in [1.165, 1.54) is 51.7 Å². The van der Waals surface area contributed by atoms with Crippen molar-refractivity contribution in [1.29, 1.82) is 5.26 Å². The largest absolute Gasteiger partial charge is 0.493 e. The second kappa shape index (κ2) is 8.48. The van der Waals surface area contributed by atoms with Crippen molar-refractivity contribution in [2.24, 2.45) is 0 Å². The first-order chi connectivity index (χ1) is 13.2. The summed E-state index contributed by atoms with van der Waals surface area (Å²) in [5, 5.41) is 9.35. The van der Waals surface area contributed by atoms with Crippen LogP contribution in [0.2, 0.25) is 0 Å². The van der Waals surface area contributed by atoms with Crippen molar-refractivity contribution in [2.45, 2.75) is 6.18 Å². The number of ether oxygens (including phenoxy) is 3. The summed E-state index contributed by atoms with van der Waals surface area (Å²) < 4.78 is 53.5. The average Bonchev–Trinajstić information content (AvgIpc) is 2.69. The Hall–Kier alpha value is -3.47. The highest BCUT2D eigenvalue weighted by atomic mass is 19.4. The van der Waals surface area contributed by atoms with Crippen molar-refractivity contribution < 1.29 is 32.2 Å². The standard InChI is InChI=1S/C20H16F3NO4/c1-26-16-9-13(10-17(27-2)19(16)28-3)18(25)14(11-24)8-12-4-6-15(7-5-12)20(21,22)23/h4-10H,1-3H3/b14-8+. The summed E-state index contributed by atoms with van der Waals surface area (Å²) in [5.74, 6) is 0.113. The van der Waals surface area contributed by atoms with Crippen molar-refractivity contribution in [1.82, 2.24) is 0 Å². The Morgan fingerprint density at radius 2 is 1.54 bits per heavy atom. The van der Waals surface area contributed by atoms with Gasteiger partial charge in [0.15, 0.2) is 11.5 Å². The van der Waals surface area contributed by atoms with Crippen LogP contribution in [0.25, 0.3) is 6.08 Å². The maximum absolute atomic E-state index is 12.7. The first-order valence-electron chi connectivity index (χ1n) is 7.89. The van der Waals surface area contributed by atoms with Crippen molar-refractivity contribution >= 4 is 11.9 Å². The molecule has 2 rings (SSSR count). The third kappa shape index (κ3) is 4.43. The fourth-order valence-electron chi connectivity index (χ4n) is 2.45. The summed E-state index contributed by atoms with van der Waals surface area (Å²) in [7, 11) is 4.18. The van der Waals surface area contributed by atoms with Crippen LogP contribution in [0.3, 0.4) is 0 Å². The van der Waals surface area contributed by atoms with Gasteiger partial charge in [-0.15, -0.1) is 0 Å². The van der Waals surface area contributed by atoms with E-state index in [0.29, 0.717) is 0 Å². The lowest BCUT2D eigenvalue weighted by molar-refractivity contribution is -0.137. The van der Waals surface area contributed by atoms with Gasteiger partial charge < -0.3 is 14.2 Å². The van der Waals surface area contributed by atoms with Gasteiger partial charge in [-0.05, 0) is 35.9 Å². The number of ketones is 1. The minimum Gasteiger partial charge on any atom is -0.493 e. The summed E-state index contributed by atoms with van der Waals surface area (Å²) in [5.41, 5.74) is -0.687. The first-order valence-corrected chi connectivity index (χ1v) is 7.89. The van der Waals surface area contributed by atoms with Gasteiger partial charge in [0, 0.05) is 5.56 Å². The monoisotopic (exact) mass is 391 g/mol. The van der Waals surface area contributed by atoms with E-state index in [1.54, 1.807) is 6.07 Å². The topological polar surface area (TPSA) is 68.6 Å². The number of alkyl halides is 3. The molecule has 0 saturated heterocycles. The number of carbonyl (C=O) groups is 1. The van der Waals surface area contributed by atoms with Gasteiger partial charge in [0.25, 0.3) is 0 Å². The average molecular weight is 391 g/mol. The first kappa shape index (κ1) is 20.8. The number of nitrogens with zero attached hydrogens (tertiary/aromatic N) is 1. The molecular weight excluding hydrogens is 375 g/mol. The van der Waals surface area contributed by atoms with Crippen LogP contribution >= 0.6 is 0 Å². The van der Waals surface area contributed by atoms with Gasteiger partial charge in [-0.2, -0.15) is 18.4 Å². The Bertz CT molecular complexity index is 916. The van der Waals surface area contributed by atoms with Crippen LogP contribution in [0, 0.1) is 11.3 Å². The minimum atomic E-state index is -4.47. The van der Waals surface area contributed by atoms with Crippen molar-refractivity contribution in [3.63, 3.8) is 0 Å². The molecule has 2 aromatic rings. The van der Waals surface area contributed by atoms with E-state index in [9.17, 15) is 23.2 Å². The van der Waals surface area contributed by atoms with E-state index >= 15 is 0 Å². The molecule has 0 unspecified atom stereocenters. The number of hydrogen-bond acceptors (Lipinski definition) is 5. The van der Waals surface area contributed by atoms with E-state index in [4.69, 9.17) is 14.2 Å². The van der Waals surface area contributed by atoms with E-state index in [0.717, 1.165) is 12.1 Å². The Balaban J connectivity index is 2.43. The molecule has 0 N–H and O–H groups in total. The molecule has 0 spiro atoms. The quantitative estimate of drug-likeness (QED) is 0.411. The zero-order valence-electron chi connectivity index (χ0n) is 15.3. The molecule has 0 amide bonds. The number of allylic oxidation sites excluding steroid dienone is 1. The zero-order chi connectivity index (χ0) is 20.9. The van der Waals surface area contributed by atoms with E-state index in [-0.39, 0.29) is 33.9 Å². The molecule has 28 heavy (non-hydrogen) atoms. The molecule has 0 aliphatic rings. The maximum Gasteiger partial charge on any atom is 0.416 e. The molecular formula is C20H16F3NO4. The third-order valence-corrected chi connectivity index (χ3v) is 3.84. The lowest BCUT2D eigenvalue weighted by atomic mass is 10.0. The lowest BCUT2D eigenvalue weighted by Crippen LogP contribution is -2.05. The number of rotatable bonds is 6. The molecule has 0 atom stereocenters. The number of benzene rings is 2. The molecule has 2 aromatic carbocycles. The molecule has 8 heteroatoms. The third-order valence-electron chi connectivity index (χ3n) is 3.84. The Kier molecular flexibility index (Phi) is 6.31. The number of nitriles is 1. The molecule has 0 saturated carbocycles. The van der Waals surface area contributed by atoms with Crippen molar-refractivity contribution in [2.75, 3.05) is 21.3 Å². The molecule has 146 valence electrons. The predicted octanol–water partition coefficient (Wildman–Crippen LogP) is 4.52. The Morgan fingerprint density at radius 1 is 1.00 bits per heavy atom. The SMILES string of the molecule is COc1cc(C(=O)/C(C#N)=C/c2ccc(C(F)(F)F)cc2)cc(OC)c1OC. The second-order valence-electron chi connectivity index (χ2n) is 5.53. The number of methoxy groups -OCH3 is 3. The van der Waals surface area contributed by atoms with Crippen LogP contribution in [-0.2, 0) is 6.18 Å². The minimum absolute atomic E-state index is 0.106. The van der Waals surface area contributed by atoms with Gasteiger partial charge in [-0.1, -0.05) is 12.1 Å². The van der Waals surface area contributed by atoms with Crippen LogP contribution in [0.4, 0.5) is 13.2 Å². The Morgan fingerprint density at radius 3 is 1.93 bits per heavy atom. The van der Waals surface area contributed by atoms with Gasteiger partial charge in [0.2, 0.25) is 11.5 Å². The maximum atomic E-state index is 12.7. The number of halogens is 3. The van der Waals surface area contributed by atoms with Crippen LogP contribution in [0.15, 0.2) is 42.0 Å². The fourth-order valence-corrected chi connectivity index (χ4v) is 2.45. The smallest absolute Gasteiger partial charge is 0.416 e. The molecule has 0 aliphatic carbocycles. The summed E-state index contributed by atoms with van der Waals surface area (Å²) in [6.07, 6.45) is -3.25. The highest BCUT2D eigenvalue weighted by Crippen LogP contribution is 2.38. The molecule has 0 aromatic heterocycles. The van der Waals surface area contributed by atoms with Crippen LogP contribution in [0.1, 0.15) is 21.5 Å². The lowest BCUT2D eigenvalue weighted by Gasteiger charge is -2.13. The normalized spacial score (nSPS) is 11.5. The number of Topliss-reactive ketones (excluding diaryl/α,β-unsaturated/α-hetero) is 1. The van der Waals surface area contributed by atoms with Gasteiger partial charge in [0.1, 0.15) is 11.6 Å². The predicted molar refractivity (Wildman–Crippen MR) is 95.5 cm³/mol. The molecule has 0 radical (unpaired) electrons. The summed E-state index contributed by atoms with van der Waals surface area (Å²) >= 11 is 0. The van der Waals surface area contributed by atoms with Gasteiger partial charge in [-0.3, -0.25) is 4.79 Å². The van der Waals surface area contributed by atoms with E-state index < -0.39 is 17.5 Å². The van der Waals surface area contributed by atoms with Crippen molar-refractivity contribution in [3.8, 4) is 23.3 Å². The number of carbonyl (C=O) groups excluding carboxylic acids is 1. The fraction of sp³-hybridized carbons (Fsp3) is 0.200. The molecule has 0 bridgehead atoms. The van der Waals surface area contributed by atoms with E-state index in [2.05, 4.69) is 0 Å². The van der Waals surface area contributed by atoms with Gasteiger partial charge in [0.05, 0.1) is 26.9 Å². The van der Waals surface area contributed by atoms with Gasteiger partial charge in [-0.25, -0.2) is 0 Å². The molecule has 5 nitrogen and oxygen atoms in total. The zero-order valence-corrected chi connectivity index (χ0v) is 15.3. The molecule has 0 heterocycles. The van der Waals surface area contributed by atoms with Crippen LogP contribution in [0.5, 0.6) is 17.2 Å². The Labute approximate surface area is 159 Å². The molecule has 0 fully saturated rings.